The first kappa shape index (κ1) is 14.4. The molecule has 0 amide bonds. The summed E-state index contributed by atoms with van der Waals surface area (Å²) < 4.78 is 1.98. The van der Waals surface area contributed by atoms with Crippen LogP contribution in [0, 0.1) is 11.5 Å². The molecule has 0 saturated carbocycles. The summed E-state index contributed by atoms with van der Waals surface area (Å²) in [5, 5.41) is 3.30. The van der Waals surface area contributed by atoms with Gasteiger partial charge in [0.1, 0.15) is 13.8 Å². The van der Waals surface area contributed by atoms with E-state index in [-0.39, 0.29) is 0 Å². The summed E-state index contributed by atoms with van der Waals surface area (Å²) in [5.41, 5.74) is 6.04. The average molecular weight is 306 g/mol. The summed E-state index contributed by atoms with van der Waals surface area (Å²) in [7, 11) is -1.41. The molecule has 0 unspecified atom stereocenters. The molecule has 110 valence electrons. The lowest BCUT2D eigenvalue weighted by atomic mass is 10.3. The molecule has 22 heavy (non-hydrogen) atoms. The molecule has 0 spiro atoms. The topological polar surface area (TPSA) is 42.2 Å². The van der Waals surface area contributed by atoms with Gasteiger partial charge in [-0.15, -0.1) is 5.54 Å². The third-order valence-electron chi connectivity index (χ3n) is 3.03. The highest BCUT2D eigenvalue weighted by molar-refractivity contribution is 6.83. The Balaban J connectivity index is 2.00. The lowest BCUT2D eigenvalue weighted by molar-refractivity contribution is 1.11. The van der Waals surface area contributed by atoms with Crippen molar-refractivity contribution in [3.05, 3.63) is 54.6 Å². The number of anilines is 2. The van der Waals surface area contributed by atoms with Gasteiger partial charge >= 0.3 is 0 Å². The van der Waals surface area contributed by atoms with Gasteiger partial charge in [0.2, 0.25) is 0 Å². The molecule has 0 atom stereocenters. The second-order valence-corrected chi connectivity index (χ2v) is 10.9. The van der Waals surface area contributed by atoms with Crippen LogP contribution >= 0.6 is 0 Å². The summed E-state index contributed by atoms with van der Waals surface area (Å²) in [4.78, 5) is 8.86. The first-order valence-corrected chi connectivity index (χ1v) is 10.7. The van der Waals surface area contributed by atoms with Crippen molar-refractivity contribution in [3.8, 4) is 11.5 Å². The maximum absolute atomic E-state index is 4.47. The molecule has 0 fully saturated rings. The van der Waals surface area contributed by atoms with E-state index in [9.17, 15) is 0 Å². The molecule has 0 radical (unpaired) electrons. The van der Waals surface area contributed by atoms with Gasteiger partial charge in [-0.1, -0.05) is 43.8 Å². The van der Waals surface area contributed by atoms with E-state index in [1.165, 1.54) is 0 Å². The second kappa shape index (κ2) is 5.66. The predicted octanol–water partition coefficient (Wildman–Crippen LogP) is 3.70. The number of fused-ring (bicyclic) bond motifs is 1. The Kier molecular flexibility index (Phi) is 3.69. The van der Waals surface area contributed by atoms with Gasteiger partial charge in [-0.25, -0.2) is 9.97 Å². The summed E-state index contributed by atoms with van der Waals surface area (Å²) in [6.45, 7) is 6.69. The normalized spacial score (nSPS) is 11.0. The number of para-hydroxylation sites is 1. The highest BCUT2D eigenvalue weighted by atomic mass is 28.3. The third kappa shape index (κ3) is 3.18. The van der Waals surface area contributed by atoms with Crippen molar-refractivity contribution in [1.82, 2.24) is 14.4 Å². The molecular formula is C17H18N4Si. The number of nitrogens with zero attached hydrogens (tertiary/aromatic N) is 3. The number of imidazole rings is 1. The van der Waals surface area contributed by atoms with Crippen LogP contribution in [0.25, 0.3) is 5.65 Å². The van der Waals surface area contributed by atoms with Crippen molar-refractivity contribution < 1.29 is 0 Å². The standard InChI is InChI=1S/C17H18N4Si/c1-22(2,3)12-9-15-13-19-17-16(18-10-11-21(15)17)20-14-7-5-4-6-8-14/h4-8,10-11,13H,1-3H3,(H,18,20). The van der Waals surface area contributed by atoms with E-state index in [4.69, 9.17) is 0 Å². The van der Waals surface area contributed by atoms with Gasteiger partial charge in [-0.2, -0.15) is 0 Å². The molecule has 4 nitrogen and oxygen atoms in total. The van der Waals surface area contributed by atoms with Gasteiger partial charge in [0.05, 0.1) is 6.20 Å². The van der Waals surface area contributed by atoms with Crippen LogP contribution in [-0.4, -0.2) is 22.4 Å². The Morgan fingerprint density at radius 2 is 1.86 bits per heavy atom. The molecular weight excluding hydrogens is 288 g/mol. The minimum atomic E-state index is -1.41. The van der Waals surface area contributed by atoms with Crippen LogP contribution in [0.1, 0.15) is 5.69 Å². The molecule has 5 heteroatoms. The molecule has 2 heterocycles. The van der Waals surface area contributed by atoms with E-state index in [0.717, 1.165) is 22.8 Å². The summed E-state index contributed by atoms with van der Waals surface area (Å²) in [6, 6.07) is 9.96. The van der Waals surface area contributed by atoms with Crippen LogP contribution < -0.4 is 5.32 Å². The number of rotatable bonds is 2. The Hall–Kier alpha value is -2.58. The van der Waals surface area contributed by atoms with Crippen molar-refractivity contribution in [2.45, 2.75) is 19.6 Å². The van der Waals surface area contributed by atoms with E-state index in [0.29, 0.717) is 0 Å². The zero-order valence-electron chi connectivity index (χ0n) is 13.0. The first-order chi connectivity index (χ1) is 10.5. The Morgan fingerprint density at radius 3 is 2.59 bits per heavy atom. The molecule has 3 aromatic rings. The van der Waals surface area contributed by atoms with E-state index >= 15 is 0 Å². The van der Waals surface area contributed by atoms with Crippen LogP contribution in [0.4, 0.5) is 11.5 Å². The fourth-order valence-electron chi connectivity index (χ4n) is 2.01. The number of aromatic nitrogens is 3. The Morgan fingerprint density at radius 1 is 1.09 bits per heavy atom. The molecule has 1 N–H and O–H groups in total. The summed E-state index contributed by atoms with van der Waals surface area (Å²) in [6.07, 6.45) is 5.46. The summed E-state index contributed by atoms with van der Waals surface area (Å²) >= 11 is 0. The lowest BCUT2D eigenvalue weighted by Crippen LogP contribution is -2.16. The van der Waals surface area contributed by atoms with Crippen LogP contribution in [-0.2, 0) is 0 Å². The van der Waals surface area contributed by atoms with Gasteiger partial charge < -0.3 is 5.32 Å². The quantitative estimate of drug-likeness (QED) is 0.580. The fourth-order valence-corrected chi connectivity index (χ4v) is 2.51. The lowest BCUT2D eigenvalue weighted by Gasteiger charge is -2.06. The number of hydrogen-bond donors (Lipinski definition) is 1. The molecule has 0 saturated heterocycles. The first-order valence-electron chi connectivity index (χ1n) is 7.20. The van der Waals surface area contributed by atoms with E-state index < -0.39 is 8.07 Å². The zero-order valence-corrected chi connectivity index (χ0v) is 14.0. The van der Waals surface area contributed by atoms with Crippen molar-refractivity contribution in [2.24, 2.45) is 0 Å². The monoisotopic (exact) mass is 306 g/mol. The molecule has 3 rings (SSSR count). The fraction of sp³-hybridized carbons (Fsp3) is 0.176. The van der Waals surface area contributed by atoms with Crippen LogP contribution in [0.3, 0.4) is 0 Å². The average Bonchev–Trinajstić information content (AvgIpc) is 2.90. The zero-order chi connectivity index (χ0) is 15.6. The molecule has 0 bridgehead atoms. The van der Waals surface area contributed by atoms with Crippen molar-refractivity contribution in [2.75, 3.05) is 5.32 Å². The maximum atomic E-state index is 4.47. The van der Waals surface area contributed by atoms with Crippen molar-refractivity contribution >= 4 is 25.2 Å². The highest BCUT2D eigenvalue weighted by Crippen LogP contribution is 2.19. The maximum Gasteiger partial charge on any atom is 0.181 e. The van der Waals surface area contributed by atoms with Gasteiger partial charge in [-0.3, -0.25) is 4.40 Å². The van der Waals surface area contributed by atoms with Gasteiger partial charge in [0.25, 0.3) is 0 Å². The SMILES string of the molecule is C[Si](C)(C)C#Cc1cnc2c(Nc3ccccc3)nccn12. The largest absolute Gasteiger partial charge is 0.337 e. The van der Waals surface area contributed by atoms with E-state index in [1.807, 2.05) is 40.9 Å². The molecule has 1 aromatic carbocycles. The van der Waals surface area contributed by atoms with E-state index in [2.05, 4.69) is 46.4 Å². The molecule has 2 aromatic heterocycles. The van der Waals surface area contributed by atoms with Crippen LogP contribution in [0.15, 0.2) is 48.9 Å². The predicted molar refractivity (Wildman–Crippen MR) is 92.9 cm³/mol. The molecule has 0 aliphatic heterocycles. The Bertz CT molecular complexity index is 851. The third-order valence-corrected chi connectivity index (χ3v) is 3.91. The molecule has 0 aliphatic rings. The minimum absolute atomic E-state index is 0.731. The van der Waals surface area contributed by atoms with Crippen LogP contribution in [0.2, 0.25) is 19.6 Å². The second-order valence-electron chi connectivity index (χ2n) is 6.10. The summed E-state index contributed by atoms with van der Waals surface area (Å²) in [5.74, 6) is 3.99. The van der Waals surface area contributed by atoms with Crippen molar-refractivity contribution in [3.63, 3.8) is 0 Å². The van der Waals surface area contributed by atoms with Gasteiger partial charge in [-0.05, 0) is 12.1 Å². The number of nitrogens with one attached hydrogen (secondary N) is 1. The number of benzene rings is 1. The highest BCUT2D eigenvalue weighted by Gasteiger charge is 2.10. The smallest absolute Gasteiger partial charge is 0.181 e. The van der Waals surface area contributed by atoms with E-state index in [1.54, 1.807) is 12.4 Å². The van der Waals surface area contributed by atoms with Gasteiger partial charge in [0, 0.05) is 18.1 Å². The van der Waals surface area contributed by atoms with Crippen molar-refractivity contribution in [1.29, 1.82) is 0 Å². The van der Waals surface area contributed by atoms with Crippen LogP contribution in [0.5, 0.6) is 0 Å². The van der Waals surface area contributed by atoms with Gasteiger partial charge in [0.15, 0.2) is 11.5 Å². The molecule has 0 aliphatic carbocycles. The number of hydrogen-bond acceptors (Lipinski definition) is 3. The Labute approximate surface area is 131 Å². The minimum Gasteiger partial charge on any atom is -0.337 e.